The van der Waals surface area contributed by atoms with Gasteiger partial charge in [0.15, 0.2) is 0 Å². The Balaban J connectivity index is 1.59. The minimum absolute atomic E-state index is 0.185. The first-order valence-electron chi connectivity index (χ1n) is 9.75. The predicted octanol–water partition coefficient (Wildman–Crippen LogP) is 3.17. The van der Waals surface area contributed by atoms with Crippen LogP contribution in [0.15, 0.2) is 67.0 Å². The number of hydrogen-bond donors (Lipinski definition) is 3. The Kier molecular flexibility index (Phi) is 5.72. The summed E-state index contributed by atoms with van der Waals surface area (Å²) >= 11 is 0. The van der Waals surface area contributed by atoms with Crippen molar-refractivity contribution in [1.82, 2.24) is 4.98 Å². The molecular weight excluding hydrogens is 378 g/mol. The molecule has 0 saturated carbocycles. The second-order valence-electron chi connectivity index (χ2n) is 7.03. The van der Waals surface area contributed by atoms with Crippen LogP contribution in [0.4, 0.5) is 17.1 Å². The van der Waals surface area contributed by atoms with Crippen molar-refractivity contribution in [2.45, 2.75) is 0 Å². The van der Waals surface area contributed by atoms with Crippen LogP contribution in [0.1, 0.15) is 5.56 Å². The third kappa shape index (κ3) is 4.31. The van der Waals surface area contributed by atoms with E-state index >= 15 is 0 Å². The fourth-order valence-electron chi connectivity index (χ4n) is 3.37. The summed E-state index contributed by atoms with van der Waals surface area (Å²) in [5.41, 5.74) is 10.1. The maximum atomic E-state index is 12.6. The number of rotatable bonds is 5. The van der Waals surface area contributed by atoms with E-state index in [0.717, 1.165) is 29.9 Å². The topological polar surface area (TPSA) is 104 Å². The number of anilines is 3. The summed E-state index contributed by atoms with van der Waals surface area (Å²) in [6.45, 7) is 3.04. The molecule has 3 aromatic rings. The Labute approximate surface area is 175 Å². The highest BCUT2D eigenvalue weighted by Gasteiger charge is 2.17. The van der Waals surface area contributed by atoms with Crippen molar-refractivity contribution in [2.24, 2.45) is 0 Å². The molecule has 1 saturated heterocycles. The van der Waals surface area contributed by atoms with Gasteiger partial charge in [0, 0.05) is 41.8 Å². The average molecular weight is 401 g/mol. The van der Waals surface area contributed by atoms with Gasteiger partial charge in [-0.05, 0) is 35.9 Å². The largest absolute Gasteiger partial charge is 0.398 e. The molecule has 1 aromatic heterocycles. The van der Waals surface area contributed by atoms with Crippen molar-refractivity contribution in [1.29, 1.82) is 5.41 Å². The van der Waals surface area contributed by atoms with Gasteiger partial charge in [0.25, 0.3) is 5.91 Å². The Hall–Kier alpha value is -3.71. The van der Waals surface area contributed by atoms with E-state index in [4.69, 9.17) is 15.9 Å². The highest BCUT2D eigenvalue weighted by atomic mass is 16.5. The molecule has 1 fully saturated rings. The summed E-state index contributed by atoms with van der Waals surface area (Å²) in [7, 11) is 0. The molecule has 0 unspecified atom stereocenters. The number of nitrogens with zero attached hydrogens (tertiary/aromatic N) is 2. The van der Waals surface area contributed by atoms with Crippen LogP contribution < -0.4 is 16.0 Å². The van der Waals surface area contributed by atoms with Crippen molar-refractivity contribution in [3.63, 3.8) is 0 Å². The number of aromatic nitrogens is 1. The van der Waals surface area contributed by atoms with Gasteiger partial charge in [0.1, 0.15) is 5.71 Å². The number of nitrogens with two attached hydrogens (primary N) is 1. The molecule has 2 aromatic carbocycles. The molecule has 7 nitrogen and oxygen atoms in total. The van der Waals surface area contributed by atoms with Crippen LogP contribution in [0.3, 0.4) is 0 Å². The maximum Gasteiger partial charge on any atom is 0.274 e. The van der Waals surface area contributed by atoms with E-state index in [0.29, 0.717) is 30.2 Å². The van der Waals surface area contributed by atoms with Crippen LogP contribution >= 0.6 is 0 Å². The fourth-order valence-corrected chi connectivity index (χ4v) is 3.37. The molecule has 4 rings (SSSR count). The highest BCUT2D eigenvalue weighted by Crippen LogP contribution is 2.27. The number of pyridine rings is 1. The van der Waals surface area contributed by atoms with Crippen molar-refractivity contribution >= 4 is 28.7 Å². The first-order valence-corrected chi connectivity index (χ1v) is 9.75. The molecule has 4 N–H and O–H groups in total. The third-order valence-corrected chi connectivity index (χ3v) is 5.01. The molecule has 152 valence electrons. The Morgan fingerprint density at radius 1 is 1.03 bits per heavy atom. The van der Waals surface area contributed by atoms with Crippen LogP contribution in [0, 0.1) is 5.41 Å². The van der Waals surface area contributed by atoms with E-state index in [-0.39, 0.29) is 5.71 Å². The van der Waals surface area contributed by atoms with E-state index in [1.807, 2.05) is 30.5 Å². The van der Waals surface area contributed by atoms with Crippen LogP contribution in [0.25, 0.3) is 11.1 Å². The van der Waals surface area contributed by atoms with Gasteiger partial charge in [-0.1, -0.05) is 24.3 Å². The van der Waals surface area contributed by atoms with Crippen LogP contribution in [-0.2, 0) is 9.53 Å². The standard InChI is InChI=1S/C23H23N5O2/c24-21-7-6-16(17-12-19(15-26-14-17)28-8-10-30-11-9-28)13-20(21)22(25)23(29)27-18-4-2-1-3-5-18/h1-7,12-15,25H,8-11,24H2,(H,27,29). The summed E-state index contributed by atoms with van der Waals surface area (Å²) in [6.07, 6.45) is 3.61. The van der Waals surface area contributed by atoms with E-state index in [1.165, 1.54) is 0 Å². The summed E-state index contributed by atoms with van der Waals surface area (Å²) in [4.78, 5) is 19.2. The Morgan fingerprint density at radius 2 is 1.80 bits per heavy atom. The minimum Gasteiger partial charge on any atom is -0.398 e. The van der Waals surface area contributed by atoms with Crippen molar-refractivity contribution in [3.8, 4) is 11.1 Å². The van der Waals surface area contributed by atoms with Gasteiger partial charge in [-0.2, -0.15) is 0 Å². The molecule has 1 aliphatic rings. The number of ether oxygens (including phenoxy) is 1. The lowest BCUT2D eigenvalue weighted by molar-refractivity contribution is -0.110. The first-order chi connectivity index (χ1) is 14.6. The quantitative estimate of drug-likeness (QED) is 0.450. The van der Waals surface area contributed by atoms with E-state index in [2.05, 4.69) is 21.3 Å². The molecule has 0 spiro atoms. The zero-order chi connectivity index (χ0) is 20.9. The van der Waals surface area contributed by atoms with Gasteiger partial charge < -0.3 is 20.7 Å². The lowest BCUT2D eigenvalue weighted by Gasteiger charge is -2.28. The van der Waals surface area contributed by atoms with Crippen LogP contribution in [0.5, 0.6) is 0 Å². The van der Waals surface area contributed by atoms with E-state index in [9.17, 15) is 4.79 Å². The maximum absolute atomic E-state index is 12.6. The van der Waals surface area contributed by atoms with Gasteiger partial charge in [-0.25, -0.2) is 0 Å². The third-order valence-electron chi connectivity index (χ3n) is 5.01. The first kappa shape index (κ1) is 19.6. The summed E-state index contributed by atoms with van der Waals surface area (Å²) in [6, 6.07) is 16.5. The van der Waals surface area contributed by atoms with E-state index < -0.39 is 5.91 Å². The molecule has 30 heavy (non-hydrogen) atoms. The molecule has 0 atom stereocenters. The Morgan fingerprint density at radius 3 is 2.57 bits per heavy atom. The number of morpholine rings is 1. The summed E-state index contributed by atoms with van der Waals surface area (Å²) in [5.74, 6) is -0.509. The zero-order valence-corrected chi connectivity index (χ0v) is 16.5. The molecule has 0 radical (unpaired) electrons. The van der Waals surface area contributed by atoms with Gasteiger partial charge in [-0.3, -0.25) is 15.2 Å². The van der Waals surface area contributed by atoms with Gasteiger partial charge in [-0.15, -0.1) is 0 Å². The number of amides is 1. The Bertz CT molecular complexity index is 1060. The molecule has 1 aliphatic heterocycles. The van der Waals surface area contributed by atoms with Crippen molar-refractivity contribution in [2.75, 3.05) is 42.3 Å². The molecular formula is C23H23N5O2. The normalized spacial score (nSPS) is 13.7. The van der Waals surface area contributed by atoms with Crippen molar-refractivity contribution < 1.29 is 9.53 Å². The number of nitrogens with one attached hydrogen (secondary N) is 2. The average Bonchev–Trinajstić information content (AvgIpc) is 2.80. The fraction of sp³-hybridized carbons (Fsp3) is 0.174. The highest BCUT2D eigenvalue weighted by molar-refractivity contribution is 6.48. The lowest BCUT2D eigenvalue weighted by atomic mass is 9.99. The number of hydrogen-bond acceptors (Lipinski definition) is 6. The van der Waals surface area contributed by atoms with Gasteiger partial charge in [0.05, 0.1) is 25.1 Å². The zero-order valence-electron chi connectivity index (χ0n) is 16.5. The SMILES string of the molecule is N=C(C(=O)Nc1ccccc1)c1cc(-c2cncc(N3CCOCC3)c2)ccc1N. The molecule has 7 heteroatoms. The summed E-state index contributed by atoms with van der Waals surface area (Å²) < 4.78 is 5.42. The predicted molar refractivity (Wildman–Crippen MR) is 119 cm³/mol. The molecule has 0 aliphatic carbocycles. The lowest BCUT2D eigenvalue weighted by Crippen LogP contribution is -2.36. The van der Waals surface area contributed by atoms with E-state index in [1.54, 1.807) is 30.5 Å². The van der Waals surface area contributed by atoms with Crippen LogP contribution in [0.2, 0.25) is 0 Å². The van der Waals surface area contributed by atoms with Crippen LogP contribution in [-0.4, -0.2) is 42.9 Å². The number of nitrogen functional groups attached to an aromatic ring is 1. The number of carbonyl (C=O) groups is 1. The van der Waals surface area contributed by atoms with Gasteiger partial charge in [0.2, 0.25) is 0 Å². The monoisotopic (exact) mass is 401 g/mol. The number of benzene rings is 2. The molecule has 0 bridgehead atoms. The minimum atomic E-state index is -0.509. The second-order valence-corrected chi connectivity index (χ2v) is 7.03. The molecule has 2 heterocycles. The number of para-hydroxylation sites is 1. The number of carbonyl (C=O) groups excluding carboxylic acids is 1. The molecule has 1 amide bonds. The van der Waals surface area contributed by atoms with Crippen molar-refractivity contribution in [3.05, 3.63) is 72.6 Å². The second kappa shape index (κ2) is 8.75. The smallest absolute Gasteiger partial charge is 0.274 e. The van der Waals surface area contributed by atoms with Gasteiger partial charge >= 0.3 is 0 Å². The summed E-state index contributed by atoms with van der Waals surface area (Å²) in [5, 5.41) is 11.1.